The first-order valence-corrected chi connectivity index (χ1v) is 8.03. The minimum atomic E-state index is -0.0551. The van der Waals surface area contributed by atoms with Crippen molar-refractivity contribution in [2.45, 2.75) is 5.16 Å². The van der Waals surface area contributed by atoms with E-state index in [0.29, 0.717) is 11.0 Å². The van der Waals surface area contributed by atoms with Gasteiger partial charge in [0.15, 0.2) is 11.0 Å². The van der Waals surface area contributed by atoms with Gasteiger partial charge in [-0.05, 0) is 24.3 Å². The second kappa shape index (κ2) is 7.06. The van der Waals surface area contributed by atoms with E-state index in [1.165, 1.54) is 11.8 Å². The van der Waals surface area contributed by atoms with Crippen LogP contribution in [0.5, 0.6) is 0 Å². The smallest absolute Gasteiger partial charge is 0.230 e. The third-order valence-corrected chi connectivity index (χ3v) is 4.11. The largest absolute Gasteiger partial charge is 0.358 e. The minimum absolute atomic E-state index is 0.0551. The summed E-state index contributed by atoms with van der Waals surface area (Å²) in [6, 6.07) is 13.6. The molecule has 23 heavy (non-hydrogen) atoms. The van der Waals surface area contributed by atoms with Crippen molar-refractivity contribution in [2.24, 2.45) is 0 Å². The number of carbonyl (C=O) groups is 1. The van der Waals surface area contributed by atoms with Crippen molar-refractivity contribution in [3.63, 3.8) is 0 Å². The van der Waals surface area contributed by atoms with Gasteiger partial charge in [-0.3, -0.25) is 14.3 Å². The molecule has 3 aromatic rings. The summed E-state index contributed by atoms with van der Waals surface area (Å²) in [6.45, 7) is 0. The molecule has 7 heteroatoms. The van der Waals surface area contributed by atoms with Crippen LogP contribution in [0.4, 0.5) is 0 Å². The molecule has 2 aromatic heterocycles. The fraction of sp³-hybridized carbons (Fsp3) is 0.125. The Morgan fingerprint density at radius 1 is 1.17 bits per heavy atom. The Morgan fingerprint density at radius 3 is 2.70 bits per heavy atom. The quantitative estimate of drug-likeness (QED) is 0.728. The average molecular weight is 325 g/mol. The van der Waals surface area contributed by atoms with Crippen LogP contribution < -0.4 is 5.32 Å². The summed E-state index contributed by atoms with van der Waals surface area (Å²) in [5, 5.41) is 11.8. The maximum absolute atomic E-state index is 11.5. The Labute approximate surface area is 138 Å². The molecule has 0 unspecified atom stereocenters. The van der Waals surface area contributed by atoms with E-state index >= 15 is 0 Å². The highest BCUT2D eigenvalue weighted by Crippen LogP contribution is 2.27. The van der Waals surface area contributed by atoms with E-state index in [1.807, 2.05) is 47.0 Å². The molecule has 0 saturated heterocycles. The molecule has 0 fully saturated rings. The number of carbonyl (C=O) groups excluding carboxylic acids is 1. The molecule has 0 aliphatic heterocycles. The third kappa shape index (κ3) is 3.40. The Hall–Kier alpha value is -2.67. The van der Waals surface area contributed by atoms with Crippen LogP contribution in [0.2, 0.25) is 0 Å². The first-order valence-electron chi connectivity index (χ1n) is 7.04. The van der Waals surface area contributed by atoms with E-state index in [2.05, 4.69) is 20.5 Å². The number of thioether (sulfide) groups is 1. The van der Waals surface area contributed by atoms with Crippen LogP contribution in [0.25, 0.3) is 17.1 Å². The van der Waals surface area contributed by atoms with E-state index in [1.54, 1.807) is 19.4 Å². The van der Waals surface area contributed by atoms with E-state index < -0.39 is 0 Å². The number of nitrogens with zero attached hydrogens (tertiary/aromatic N) is 4. The van der Waals surface area contributed by atoms with Gasteiger partial charge in [0, 0.05) is 30.7 Å². The lowest BCUT2D eigenvalue weighted by Crippen LogP contribution is -2.20. The van der Waals surface area contributed by atoms with E-state index in [4.69, 9.17) is 0 Å². The van der Waals surface area contributed by atoms with Crippen LogP contribution in [-0.2, 0) is 4.79 Å². The van der Waals surface area contributed by atoms with Crippen LogP contribution in [0.1, 0.15) is 0 Å². The SMILES string of the molecule is CNC(=O)CSc1nnc(-c2cccnc2)n1-c1ccccc1. The molecule has 2 heterocycles. The predicted octanol–water partition coefficient (Wildman–Crippen LogP) is 2.17. The molecule has 0 spiro atoms. The topological polar surface area (TPSA) is 72.7 Å². The monoisotopic (exact) mass is 325 g/mol. The van der Waals surface area contributed by atoms with Crippen molar-refractivity contribution in [1.29, 1.82) is 0 Å². The summed E-state index contributed by atoms with van der Waals surface area (Å²) in [5.74, 6) is 0.929. The molecule has 1 N–H and O–H groups in total. The van der Waals surface area contributed by atoms with Crippen LogP contribution in [0, 0.1) is 0 Å². The fourth-order valence-corrected chi connectivity index (χ4v) is 2.88. The first kappa shape index (κ1) is 15.2. The van der Waals surface area contributed by atoms with Gasteiger partial charge < -0.3 is 5.32 Å². The van der Waals surface area contributed by atoms with Crippen molar-refractivity contribution < 1.29 is 4.79 Å². The number of nitrogens with one attached hydrogen (secondary N) is 1. The summed E-state index contributed by atoms with van der Waals surface area (Å²) in [4.78, 5) is 15.7. The maximum Gasteiger partial charge on any atom is 0.230 e. The molecular weight excluding hydrogens is 310 g/mol. The molecule has 3 rings (SSSR count). The molecule has 0 radical (unpaired) electrons. The number of pyridine rings is 1. The number of amides is 1. The van der Waals surface area contributed by atoms with Gasteiger partial charge in [-0.15, -0.1) is 10.2 Å². The van der Waals surface area contributed by atoms with E-state index in [-0.39, 0.29) is 11.7 Å². The highest BCUT2D eigenvalue weighted by molar-refractivity contribution is 7.99. The number of hydrogen-bond donors (Lipinski definition) is 1. The lowest BCUT2D eigenvalue weighted by molar-refractivity contribution is -0.118. The number of rotatable bonds is 5. The van der Waals surface area contributed by atoms with Crippen molar-refractivity contribution in [3.05, 3.63) is 54.9 Å². The zero-order valence-electron chi connectivity index (χ0n) is 12.5. The highest BCUT2D eigenvalue weighted by atomic mass is 32.2. The van der Waals surface area contributed by atoms with Crippen LogP contribution in [0.3, 0.4) is 0 Å². The van der Waals surface area contributed by atoms with E-state index in [0.717, 1.165) is 11.3 Å². The van der Waals surface area contributed by atoms with Crippen molar-refractivity contribution in [1.82, 2.24) is 25.1 Å². The molecule has 0 bridgehead atoms. The molecule has 6 nitrogen and oxygen atoms in total. The van der Waals surface area contributed by atoms with Crippen molar-refractivity contribution >= 4 is 17.7 Å². The lowest BCUT2D eigenvalue weighted by Gasteiger charge is -2.09. The summed E-state index contributed by atoms with van der Waals surface area (Å²) in [6.07, 6.45) is 3.46. The maximum atomic E-state index is 11.5. The number of para-hydroxylation sites is 1. The Morgan fingerprint density at radius 2 is 2.00 bits per heavy atom. The minimum Gasteiger partial charge on any atom is -0.358 e. The Bertz CT molecular complexity index is 789. The fourth-order valence-electron chi connectivity index (χ4n) is 2.06. The molecule has 1 aromatic carbocycles. The summed E-state index contributed by atoms with van der Waals surface area (Å²) in [5.41, 5.74) is 1.81. The van der Waals surface area contributed by atoms with Crippen LogP contribution in [-0.4, -0.2) is 38.5 Å². The van der Waals surface area contributed by atoms with Gasteiger partial charge in [0.25, 0.3) is 0 Å². The van der Waals surface area contributed by atoms with Crippen molar-refractivity contribution in [2.75, 3.05) is 12.8 Å². The summed E-state index contributed by atoms with van der Waals surface area (Å²) in [7, 11) is 1.62. The zero-order valence-corrected chi connectivity index (χ0v) is 13.3. The summed E-state index contributed by atoms with van der Waals surface area (Å²) < 4.78 is 1.94. The molecule has 0 aliphatic carbocycles. The molecular formula is C16H15N5OS. The average Bonchev–Trinajstić information content (AvgIpc) is 3.05. The Balaban J connectivity index is 2.04. The molecule has 0 atom stereocenters. The second-order valence-electron chi connectivity index (χ2n) is 4.68. The van der Waals surface area contributed by atoms with Gasteiger partial charge >= 0.3 is 0 Å². The van der Waals surface area contributed by atoms with Gasteiger partial charge in [-0.25, -0.2) is 0 Å². The number of hydrogen-bond acceptors (Lipinski definition) is 5. The molecule has 0 aliphatic rings. The van der Waals surface area contributed by atoms with E-state index in [9.17, 15) is 4.79 Å². The highest BCUT2D eigenvalue weighted by Gasteiger charge is 2.16. The van der Waals surface area contributed by atoms with Gasteiger partial charge in [0.1, 0.15) is 0 Å². The second-order valence-corrected chi connectivity index (χ2v) is 5.62. The van der Waals surface area contributed by atoms with Crippen LogP contribution in [0.15, 0.2) is 60.0 Å². The molecule has 1 amide bonds. The van der Waals surface area contributed by atoms with Crippen LogP contribution >= 0.6 is 11.8 Å². The van der Waals surface area contributed by atoms with Gasteiger partial charge in [0.2, 0.25) is 5.91 Å². The Kier molecular flexibility index (Phi) is 4.68. The number of aromatic nitrogens is 4. The standard InChI is InChI=1S/C16H15N5OS/c1-17-14(22)11-23-16-20-19-15(12-6-5-9-18-10-12)21(16)13-7-3-2-4-8-13/h2-10H,11H2,1H3,(H,17,22). The van der Waals surface area contributed by atoms with Crippen molar-refractivity contribution in [3.8, 4) is 17.1 Å². The summed E-state index contributed by atoms with van der Waals surface area (Å²) >= 11 is 1.35. The predicted molar refractivity (Wildman–Crippen MR) is 89.4 cm³/mol. The van der Waals surface area contributed by atoms with Gasteiger partial charge in [-0.1, -0.05) is 30.0 Å². The number of benzene rings is 1. The molecule has 0 saturated carbocycles. The normalized spacial score (nSPS) is 10.5. The van der Waals surface area contributed by atoms with Gasteiger partial charge in [0.05, 0.1) is 5.75 Å². The zero-order chi connectivity index (χ0) is 16.1. The van der Waals surface area contributed by atoms with Gasteiger partial charge in [-0.2, -0.15) is 0 Å². The third-order valence-electron chi connectivity index (χ3n) is 3.18. The lowest BCUT2D eigenvalue weighted by atomic mass is 10.2. The molecule has 116 valence electrons. The first-order chi connectivity index (χ1) is 11.3.